The van der Waals surface area contributed by atoms with Crippen molar-refractivity contribution in [3.05, 3.63) is 27.1 Å². The van der Waals surface area contributed by atoms with Crippen molar-refractivity contribution in [1.29, 1.82) is 0 Å². The second kappa shape index (κ2) is 9.26. The molecule has 0 atom stereocenters. The first-order valence-corrected chi connectivity index (χ1v) is 10.1. The molecule has 0 saturated carbocycles. The third-order valence-corrected chi connectivity index (χ3v) is 5.89. The minimum atomic E-state index is -0.406. The number of aryl methyl sites for hydroxylation is 2. The van der Waals surface area contributed by atoms with Crippen LogP contribution in [0.25, 0.3) is 10.2 Å². The fourth-order valence-corrected chi connectivity index (χ4v) is 4.00. The van der Waals surface area contributed by atoms with Crippen molar-refractivity contribution in [3.63, 3.8) is 0 Å². The lowest BCUT2D eigenvalue weighted by Crippen LogP contribution is -2.44. The Bertz CT molecular complexity index is 917. The number of fused-ring (bicyclic) bond motifs is 1. The summed E-state index contributed by atoms with van der Waals surface area (Å²) in [5.41, 5.74) is 0.656. The number of thiophene rings is 1. The van der Waals surface area contributed by atoms with Gasteiger partial charge in [-0.05, 0) is 19.4 Å². The average molecular weight is 407 g/mol. The molecule has 2 aromatic heterocycles. The molecular weight excluding hydrogens is 382 g/mol. The van der Waals surface area contributed by atoms with Gasteiger partial charge in [0.15, 0.2) is 0 Å². The summed E-state index contributed by atoms with van der Waals surface area (Å²) in [6, 6.07) is 0. The smallest absolute Gasteiger partial charge is 0.262 e. The van der Waals surface area contributed by atoms with E-state index < -0.39 is 5.91 Å². The number of nitrogens with zero attached hydrogens (tertiary/aromatic N) is 3. The molecule has 2 amide bonds. The Hall–Kier alpha value is -2.30. The number of ether oxygens (including phenoxy) is 1. The van der Waals surface area contributed by atoms with Crippen molar-refractivity contribution in [3.8, 4) is 0 Å². The number of carbonyl (C=O) groups is 2. The normalized spacial score (nSPS) is 14.9. The molecule has 0 aromatic carbocycles. The zero-order valence-electron chi connectivity index (χ0n) is 16.1. The van der Waals surface area contributed by atoms with E-state index in [4.69, 9.17) is 4.74 Å². The van der Waals surface area contributed by atoms with Gasteiger partial charge >= 0.3 is 0 Å². The van der Waals surface area contributed by atoms with Gasteiger partial charge in [0.05, 0.1) is 31.5 Å². The summed E-state index contributed by atoms with van der Waals surface area (Å²) in [5.74, 6) is -0.664. The number of carbonyl (C=O) groups excluding carboxylic acids is 2. The third kappa shape index (κ3) is 4.94. The number of hydrogen-bond acceptors (Lipinski definition) is 7. The molecule has 0 unspecified atom stereocenters. The summed E-state index contributed by atoms with van der Waals surface area (Å²) in [6.45, 7) is 7.96. The van der Waals surface area contributed by atoms with E-state index in [0.29, 0.717) is 30.0 Å². The Balaban J connectivity index is 1.45. The highest BCUT2D eigenvalue weighted by Crippen LogP contribution is 2.25. The van der Waals surface area contributed by atoms with Crippen LogP contribution in [0.3, 0.4) is 0 Å². The minimum Gasteiger partial charge on any atom is -0.379 e. The van der Waals surface area contributed by atoms with Gasteiger partial charge in [0.1, 0.15) is 11.4 Å². The van der Waals surface area contributed by atoms with E-state index >= 15 is 0 Å². The monoisotopic (exact) mass is 407 g/mol. The number of amides is 2. The summed E-state index contributed by atoms with van der Waals surface area (Å²) in [6.07, 6.45) is 1.38. The lowest BCUT2D eigenvalue weighted by molar-refractivity contribution is -0.126. The average Bonchev–Trinajstić information content (AvgIpc) is 2.98. The van der Waals surface area contributed by atoms with Crippen LogP contribution in [0.5, 0.6) is 0 Å². The van der Waals surface area contributed by atoms with Crippen LogP contribution in [0.4, 0.5) is 0 Å². The number of aromatic nitrogens is 2. The van der Waals surface area contributed by atoms with Crippen molar-refractivity contribution >= 4 is 33.4 Å². The van der Waals surface area contributed by atoms with Crippen LogP contribution in [0.1, 0.15) is 10.4 Å². The fourth-order valence-electron chi connectivity index (χ4n) is 3.01. The summed E-state index contributed by atoms with van der Waals surface area (Å²) >= 11 is 1.46. The van der Waals surface area contributed by atoms with E-state index in [1.165, 1.54) is 22.2 Å². The van der Waals surface area contributed by atoms with E-state index in [1.54, 1.807) is 0 Å². The fraction of sp³-hybridized carbons (Fsp3) is 0.556. The van der Waals surface area contributed by atoms with Gasteiger partial charge in [0.25, 0.3) is 5.56 Å². The van der Waals surface area contributed by atoms with Gasteiger partial charge in [0.2, 0.25) is 11.8 Å². The lowest BCUT2D eigenvalue weighted by atomic mass is 10.2. The molecule has 10 heteroatoms. The Morgan fingerprint density at radius 2 is 1.96 bits per heavy atom. The molecule has 9 nitrogen and oxygen atoms in total. The molecule has 1 saturated heterocycles. The van der Waals surface area contributed by atoms with E-state index in [9.17, 15) is 14.4 Å². The van der Waals surface area contributed by atoms with Crippen molar-refractivity contribution in [2.75, 3.05) is 45.9 Å². The molecule has 1 aliphatic heterocycles. The maximum Gasteiger partial charge on any atom is 0.262 e. The molecule has 2 aromatic rings. The van der Waals surface area contributed by atoms with Gasteiger partial charge in [-0.25, -0.2) is 4.98 Å². The molecule has 0 aliphatic carbocycles. The highest BCUT2D eigenvalue weighted by Gasteiger charge is 2.14. The number of nitrogens with one attached hydrogen (secondary N) is 2. The maximum atomic E-state index is 12.6. The topological polar surface area (TPSA) is 106 Å². The van der Waals surface area contributed by atoms with Crippen molar-refractivity contribution < 1.29 is 14.3 Å². The molecule has 0 bridgehead atoms. The standard InChI is InChI=1S/C18H25N5O4S/c1-12-13(2)28-17-16(12)18(26)23(11-21-17)10-15(25)20-9-14(24)19-3-4-22-5-7-27-8-6-22/h11H,3-10H2,1-2H3,(H,19,24)(H,20,25). The molecule has 28 heavy (non-hydrogen) atoms. The number of hydrogen-bond donors (Lipinski definition) is 2. The van der Waals surface area contributed by atoms with Gasteiger partial charge in [-0.15, -0.1) is 11.3 Å². The summed E-state index contributed by atoms with van der Waals surface area (Å²) < 4.78 is 6.55. The molecule has 1 fully saturated rings. The first-order chi connectivity index (χ1) is 13.5. The van der Waals surface area contributed by atoms with Crippen LogP contribution in [0.2, 0.25) is 0 Å². The summed E-state index contributed by atoms with van der Waals surface area (Å²) in [5, 5.41) is 5.88. The van der Waals surface area contributed by atoms with Crippen LogP contribution in [0.15, 0.2) is 11.1 Å². The minimum absolute atomic E-state index is 0.122. The Morgan fingerprint density at radius 1 is 1.21 bits per heavy atom. The van der Waals surface area contributed by atoms with E-state index in [-0.39, 0.29) is 24.6 Å². The highest BCUT2D eigenvalue weighted by molar-refractivity contribution is 7.18. The molecular formula is C18H25N5O4S. The quantitative estimate of drug-likeness (QED) is 0.649. The van der Waals surface area contributed by atoms with Crippen LogP contribution in [0, 0.1) is 13.8 Å². The van der Waals surface area contributed by atoms with E-state index in [1.807, 2.05) is 13.8 Å². The van der Waals surface area contributed by atoms with Gasteiger partial charge < -0.3 is 15.4 Å². The Kier molecular flexibility index (Phi) is 6.76. The van der Waals surface area contributed by atoms with Crippen molar-refractivity contribution in [2.24, 2.45) is 0 Å². The van der Waals surface area contributed by atoms with Crippen molar-refractivity contribution in [1.82, 2.24) is 25.1 Å². The molecule has 3 rings (SSSR count). The highest BCUT2D eigenvalue weighted by atomic mass is 32.1. The molecule has 3 heterocycles. The molecule has 1 aliphatic rings. The third-order valence-electron chi connectivity index (χ3n) is 4.77. The SMILES string of the molecule is Cc1sc2ncn(CC(=O)NCC(=O)NCCN3CCOCC3)c(=O)c2c1C. The first-order valence-electron chi connectivity index (χ1n) is 9.24. The zero-order chi connectivity index (χ0) is 20.1. The second-order valence-corrected chi connectivity index (χ2v) is 7.92. The molecule has 152 valence electrons. The van der Waals surface area contributed by atoms with Gasteiger partial charge in [-0.2, -0.15) is 0 Å². The zero-order valence-corrected chi connectivity index (χ0v) is 16.9. The number of morpholine rings is 1. The maximum absolute atomic E-state index is 12.6. The van der Waals surface area contributed by atoms with Crippen LogP contribution in [-0.4, -0.2) is 72.2 Å². The van der Waals surface area contributed by atoms with E-state index in [2.05, 4.69) is 20.5 Å². The molecule has 0 radical (unpaired) electrons. The van der Waals surface area contributed by atoms with E-state index in [0.717, 1.165) is 30.1 Å². The van der Waals surface area contributed by atoms with Gasteiger partial charge in [-0.1, -0.05) is 0 Å². The summed E-state index contributed by atoms with van der Waals surface area (Å²) in [4.78, 5) is 44.8. The predicted octanol–water partition coefficient (Wildman–Crippen LogP) is -0.361. The Labute approximate surface area is 166 Å². The lowest BCUT2D eigenvalue weighted by Gasteiger charge is -2.26. The largest absolute Gasteiger partial charge is 0.379 e. The summed E-state index contributed by atoms with van der Waals surface area (Å²) in [7, 11) is 0. The van der Waals surface area contributed by atoms with Gasteiger partial charge in [-0.3, -0.25) is 23.9 Å². The molecule has 2 N–H and O–H groups in total. The van der Waals surface area contributed by atoms with Crippen LogP contribution in [-0.2, 0) is 20.9 Å². The molecule has 0 spiro atoms. The Morgan fingerprint density at radius 3 is 2.71 bits per heavy atom. The second-order valence-electron chi connectivity index (χ2n) is 6.72. The van der Waals surface area contributed by atoms with Crippen LogP contribution < -0.4 is 16.2 Å². The number of rotatable bonds is 7. The van der Waals surface area contributed by atoms with Crippen molar-refractivity contribution in [2.45, 2.75) is 20.4 Å². The van der Waals surface area contributed by atoms with Gasteiger partial charge in [0, 0.05) is 31.1 Å². The predicted molar refractivity (Wildman–Crippen MR) is 107 cm³/mol. The first kappa shape index (κ1) is 20.4. The van der Waals surface area contributed by atoms with Crippen LogP contribution >= 0.6 is 11.3 Å².